The maximum absolute atomic E-state index is 12.6. The number of thioether (sulfide) groups is 1. The summed E-state index contributed by atoms with van der Waals surface area (Å²) in [5.74, 6) is 0.559. The average molecular weight is 421 g/mol. The molecule has 1 aromatic rings. The number of hydrogen-bond donors (Lipinski definition) is 2. The summed E-state index contributed by atoms with van der Waals surface area (Å²) >= 11 is 1.49. The minimum absolute atomic E-state index is 0.0667. The zero-order valence-corrected chi connectivity index (χ0v) is 18.0. The molecule has 0 amide bonds. The number of benzene rings is 1. The zero-order valence-electron chi connectivity index (χ0n) is 17.2. The van der Waals surface area contributed by atoms with Gasteiger partial charge in [0.1, 0.15) is 5.75 Å². The van der Waals surface area contributed by atoms with Crippen LogP contribution in [0.3, 0.4) is 0 Å². The van der Waals surface area contributed by atoms with Gasteiger partial charge in [0, 0.05) is 10.1 Å². The van der Waals surface area contributed by atoms with Crippen LogP contribution in [0.15, 0.2) is 41.3 Å². The Morgan fingerprint density at radius 3 is 2.66 bits per heavy atom. The van der Waals surface area contributed by atoms with Crippen LogP contribution in [0.1, 0.15) is 45.4 Å². The molecule has 2 N–H and O–H groups in total. The van der Waals surface area contributed by atoms with E-state index in [0.29, 0.717) is 12.8 Å². The van der Waals surface area contributed by atoms with E-state index in [1.165, 1.54) is 11.8 Å². The molecule has 1 fully saturated rings. The van der Waals surface area contributed by atoms with Gasteiger partial charge in [-0.1, -0.05) is 12.2 Å². The van der Waals surface area contributed by atoms with Crippen LogP contribution in [0.5, 0.6) is 5.75 Å². The Bertz CT molecular complexity index is 689. The number of carbonyl (C=O) groups excluding carboxylic acids is 1. The Labute approximate surface area is 177 Å². The summed E-state index contributed by atoms with van der Waals surface area (Å²) in [5.41, 5.74) is 0. The van der Waals surface area contributed by atoms with Gasteiger partial charge in [-0.2, -0.15) is 0 Å². The molecule has 0 spiro atoms. The molecule has 1 saturated carbocycles. The number of aliphatic hydroxyl groups is 2. The van der Waals surface area contributed by atoms with Crippen LogP contribution in [-0.4, -0.2) is 46.9 Å². The molecule has 1 aliphatic heterocycles. The van der Waals surface area contributed by atoms with Gasteiger partial charge in [-0.25, -0.2) is 0 Å². The van der Waals surface area contributed by atoms with Crippen molar-refractivity contribution in [2.75, 3.05) is 7.11 Å². The van der Waals surface area contributed by atoms with Gasteiger partial charge in [-0.05, 0) is 75.1 Å². The monoisotopic (exact) mass is 420 g/mol. The highest BCUT2D eigenvalue weighted by atomic mass is 32.2. The van der Waals surface area contributed by atoms with Gasteiger partial charge in [0.05, 0.1) is 31.8 Å². The Balaban J connectivity index is 1.82. The fraction of sp³-hybridized carbons (Fsp3) is 0.609. The van der Waals surface area contributed by atoms with Crippen molar-refractivity contribution < 1.29 is 24.5 Å². The van der Waals surface area contributed by atoms with E-state index in [4.69, 9.17) is 9.47 Å². The number of cyclic esters (lactones) is 1. The Kier molecular flexibility index (Phi) is 8.04. The highest BCUT2D eigenvalue weighted by Crippen LogP contribution is 2.41. The van der Waals surface area contributed by atoms with Crippen LogP contribution in [0, 0.1) is 11.8 Å². The molecule has 160 valence electrons. The van der Waals surface area contributed by atoms with Crippen molar-refractivity contribution in [2.45, 2.75) is 73.9 Å². The fourth-order valence-corrected chi connectivity index (χ4v) is 5.52. The normalized spacial score (nSPS) is 34.8. The Morgan fingerprint density at radius 2 is 1.93 bits per heavy atom. The van der Waals surface area contributed by atoms with Crippen molar-refractivity contribution in [3.05, 3.63) is 36.4 Å². The summed E-state index contributed by atoms with van der Waals surface area (Å²) in [5, 5.41) is 21.1. The van der Waals surface area contributed by atoms with Gasteiger partial charge in [0.15, 0.2) is 0 Å². The maximum Gasteiger partial charge on any atom is 0.307 e. The third kappa shape index (κ3) is 6.24. The molecule has 29 heavy (non-hydrogen) atoms. The van der Waals surface area contributed by atoms with Crippen LogP contribution in [0.25, 0.3) is 0 Å². The predicted octanol–water partition coefficient (Wildman–Crippen LogP) is 3.97. The molecule has 1 aliphatic carbocycles. The first-order valence-corrected chi connectivity index (χ1v) is 11.4. The highest BCUT2D eigenvalue weighted by molar-refractivity contribution is 8.00. The molecule has 0 aromatic heterocycles. The summed E-state index contributed by atoms with van der Waals surface area (Å²) in [7, 11) is 1.62. The highest BCUT2D eigenvalue weighted by Gasteiger charge is 2.40. The minimum atomic E-state index is -0.711. The fourth-order valence-electron chi connectivity index (χ4n) is 4.31. The Morgan fingerprint density at radius 1 is 1.17 bits per heavy atom. The number of esters is 1. The van der Waals surface area contributed by atoms with Gasteiger partial charge >= 0.3 is 5.97 Å². The summed E-state index contributed by atoms with van der Waals surface area (Å²) in [6.07, 6.45) is 7.14. The topological polar surface area (TPSA) is 76.0 Å². The summed E-state index contributed by atoms with van der Waals surface area (Å²) < 4.78 is 10.8. The lowest BCUT2D eigenvalue weighted by Crippen LogP contribution is -2.35. The average Bonchev–Trinajstić information content (AvgIpc) is 3.07. The van der Waals surface area contributed by atoms with Crippen molar-refractivity contribution in [1.29, 1.82) is 0 Å². The van der Waals surface area contributed by atoms with Crippen LogP contribution < -0.4 is 4.74 Å². The molecule has 0 saturated heterocycles. The molecule has 1 aromatic carbocycles. The number of rotatable bonds is 3. The van der Waals surface area contributed by atoms with Crippen LogP contribution in [0.4, 0.5) is 0 Å². The van der Waals surface area contributed by atoms with Crippen molar-refractivity contribution in [3.8, 4) is 5.75 Å². The lowest BCUT2D eigenvalue weighted by molar-refractivity contribution is -0.149. The van der Waals surface area contributed by atoms with E-state index in [1.54, 1.807) is 7.11 Å². The van der Waals surface area contributed by atoms with E-state index >= 15 is 0 Å². The second kappa shape index (κ2) is 10.5. The number of carbonyl (C=O) groups is 1. The quantitative estimate of drug-likeness (QED) is 0.569. The zero-order chi connectivity index (χ0) is 20.8. The minimum Gasteiger partial charge on any atom is -0.497 e. The number of allylic oxidation sites excluding steroid dienone is 2. The van der Waals surface area contributed by atoms with E-state index in [-0.39, 0.29) is 35.6 Å². The van der Waals surface area contributed by atoms with E-state index in [0.717, 1.165) is 29.9 Å². The van der Waals surface area contributed by atoms with Crippen molar-refractivity contribution in [2.24, 2.45) is 11.8 Å². The van der Waals surface area contributed by atoms with Gasteiger partial charge < -0.3 is 19.7 Å². The summed E-state index contributed by atoms with van der Waals surface area (Å²) in [6.45, 7) is 1.92. The molecule has 0 unspecified atom stereocenters. The molecule has 6 heteroatoms. The predicted molar refractivity (Wildman–Crippen MR) is 114 cm³/mol. The summed E-state index contributed by atoms with van der Waals surface area (Å²) in [4.78, 5) is 13.5. The van der Waals surface area contributed by atoms with E-state index in [2.05, 4.69) is 12.2 Å². The first kappa shape index (κ1) is 22.2. The van der Waals surface area contributed by atoms with Gasteiger partial charge in [-0.3, -0.25) is 4.79 Å². The number of aliphatic hydroxyl groups excluding tert-OH is 2. The third-order valence-corrected chi connectivity index (χ3v) is 7.16. The summed E-state index contributed by atoms with van der Waals surface area (Å²) in [6, 6.07) is 7.62. The maximum atomic E-state index is 12.6. The lowest BCUT2D eigenvalue weighted by atomic mass is 9.87. The number of fused-ring (bicyclic) bond motifs is 1. The van der Waals surface area contributed by atoms with Crippen LogP contribution in [0.2, 0.25) is 0 Å². The lowest BCUT2D eigenvalue weighted by Gasteiger charge is -2.29. The smallest absolute Gasteiger partial charge is 0.307 e. The molecule has 6 atom stereocenters. The van der Waals surface area contributed by atoms with Gasteiger partial charge in [0.2, 0.25) is 0 Å². The first-order valence-electron chi connectivity index (χ1n) is 10.5. The van der Waals surface area contributed by atoms with Crippen molar-refractivity contribution >= 4 is 17.7 Å². The van der Waals surface area contributed by atoms with Crippen LogP contribution in [-0.2, 0) is 9.53 Å². The molecule has 2 aliphatic rings. The van der Waals surface area contributed by atoms with Crippen molar-refractivity contribution in [3.63, 3.8) is 0 Å². The van der Waals surface area contributed by atoms with Gasteiger partial charge in [-0.15, -0.1) is 11.8 Å². The standard InChI is InChI=1S/C23H32O5S/c1-15-6-4-3-5-7-16-12-17(24)13-20(16)23(26)21(14-22(25)28-15)29-19-10-8-18(27-2)9-11-19/h5,7-11,15-17,20-21,23-24,26H,3-4,6,12-14H2,1-2H3/b7-5+/t15-,16+,17-,20+,21+,23+/m0/s1. The molecule has 5 nitrogen and oxygen atoms in total. The Hall–Kier alpha value is -1.50. The van der Waals surface area contributed by atoms with E-state index < -0.39 is 12.2 Å². The largest absolute Gasteiger partial charge is 0.497 e. The van der Waals surface area contributed by atoms with Crippen molar-refractivity contribution in [1.82, 2.24) is 0 Å². The second-order valence-corrected chi connectivity index (χ2v) is 9.45. The molecular weight excluding hydrogens is 388 g/mol. The number of ether oxygens (including phenoxy) is 2. The van der Waals surface area contributed by atoms with E-state index in [9.17, 15) is 15.0 Å². The molecular formula is C23H32O5S. The molecule has 3 rings (SSSR count). The second-order valence-electron chi connectivity index (χ2n) is 8.14. The van der Waals surface area contributed by atoms with E-state index in [1.807, 2.05) is 31.2 Å². The first-order chi connectivity index (χ1) is 14.0. The number of methoxy groups -OCH3 is 1. The molecule has 0 bridgehead atoms. The third-order valence-electron chi connectivity index (χ3n) is 5.87. The SMILES string of the molecule is COc1ccc(S[C@@H]2CC(=O)O[C@@H](C)CCC/C=C/[C@@H]3C[C@H](O)C[C@H]3[C@H]2O)cc1. The molecule has 1 heterocycles. The van der Waals surface area contributed by atoms with Crippen LogP contribution >= 0.6 is 11.8 Å². The number of hydrogen-bond acceptors (Lipinski definition) is 6. The molecule has 0 radical (unpaired) electrons. The van der Waals surface area contributed by atoms with Gasteiger partial charge in [0.25, 0.3) is 0 Å².